The van der Waals surface area contributed by atoms with Gasteiger partial charge in [0, 0.05) is 12.0 Å². The number of hydroxylamine groups is 1. The monoisotopic (exact) mass is 422 g/mol. The largest absolute Gasteiger partial charge is 0.471 e. The molecule has 11 nitrogen and oxygen atoms in total. The second kappa shape index (κ2) is 9.21. The topological polar surface area (TPSA) is 158 Å². The van der Waals surface area contributed by atoms with E-state index in [1.807, 2.05) is 0 Å². The van der Waals surface area contributed by atoms with Gasteiger partial charge in [0.1, 0.15) is 23.7 Å². The van der Waals surface area contributed by atoms with Gasteiger partial charge in [-0.1, -0.05) is 12.1 Å². The first-order valence-corrected chi connectivity index (χ1v) is 9.37. The van der Waals surface area contributed by atoms with Crippen molar-refractivity contribution in [3.63, 3.8) is 0 Å². The van der Waals surface area contributed by atoms with Gasteiger partial charge in [-0.15, -0.1) is 0 Å². The lowest BCUT2D eigenvalue weighted by molar-refractivity contribution is 0.0152. The quantitative estimate of drug-likeness (QED) is 0.536. The van der Waals surface area contributed by atoms with Crippen LogP contribution < -0.4 is 16.0 Å². The number of nitrogens with zero attached hydrogens (tertiary/aromatic N) is 4. The smallest absolute Gasteiger partial charge is 0.284 e. The van der Waals surface area contributed by atoms with Crippen LogP contribution in [0.4, 0.5) is 5.82 Å². The minimum Gasteiger partial charge on any atom is -0.471 e. The number of nitrogen functional groups attached to an aromatic ring is 1. The van der Waals surface area contributed by atoms with Crippen molar-refractivity contribution < 1.29 is 23.5 Å². The summed E-state index contributed by atoms with van der Waals surface area (Å²) in [5, 5.41) is 9.14. The lowest BCUT2D eigenvalue weighted by Gasteiger charge is -2.16. The molecule has 3 aromatic rings. The number of ether oxygens (including phenoxy) is 2. The van der Waals surface area contributed by atoms with Crippen molar-refractivity contribution in [3.05, 3.63) is 53.7 Å². The van der Waals surface area contributed by atoms with Crippen molar-refractivity contribution in [3.8, 4) is 23.3 Å². The van der Waals surface area contributed by atoms with Gasteiger partial charge in [-0.3, -0.25) is 9.63 Å². The van der Waals surface area contributed by atoms with Crippen LogP contribution in [0.2, 0.25) is 0 Å². The molecule has 0 aliphatic carbocycles. The third kappa shape index (κ3) is 4.77. The standard InChI is InChI=1S/C20H18N6O5/c21-9-12-2-1-3-13(8-12)18-24-17(22)16(20(25-18)31-14-4-6-28-10-14)19(27)26-30-11-15-23-5-7-29-15/h1-3,5,7-8,14H,4,6,10-11H2,(H,26,27)(H2,22,24,25)/t14-/m0/s1. The number of anilines is 1. The second-order valence-electron chi connectivity index (χ2n) is 6.55. The number of aromatic nitrogens is 3. The molecule has 31 heavy (non-hydrogen) atoms. The number of hydrogen-bond donors (Lipinski definition) is 2. The highest BCUT2D eigenvalue weighted by molar-refractivity contribution is 6.00. The average molecular weight is 422 g/mol. The molecule has 158 valence electrons. The molecule has 1 fully saturated rings. The number of oxazole rings is 1. The van der Waals surface area contributed by atoms with Gasteiger partial charge in [-0.05, 0) is 12.1 Å². The van der Waals surface area contributed by atoms with Crippen LogP contribution in [0.5, 0.6) is 5.88 Å². The van der Waals surface area contributed by atoms with Crippen LogP contribution in [0, 0.1) is 11.3 Å². The summed E-state index contributed by atoms with van der Waals surface area (Å²) >= 11 is 0. The number of amides is 1. The molecule has 1 saturated heterocycles. The minimum absolute atomic E-state index is 0.00224. The maximum atomic E-state index is 12.7. The second-order valence-corrected chi connectivity index (χ2v) is 6.55. The van der Waals surface area contributed by atoms with Crippen molar-refractivity contribution in [2.75, 3.05) is 18.9 Å². The number of nitrogens with two attached hydrogens (primary N) is 1. The number of rotatable bonds is 7. The summed E-state index contributed by atoms with van der Waals surface area (Å²) in [6.07, 6.45) is 3.21. The highest BCUT2D eigenvalue weighted by atomic mass is 16.7. The predicted octanol–water partition coefficient (Wildman–Crippen LogP) is 1.61. The first-order valence-electron chi connectivity index (χ1n) is 9.37. The molecular weight excluding hydrogens is 404 g/mol. The van der Waals surface area contributed by atoms with E-state index < -0.39 is 5.91 Å². The molecule has 3 N–H and O–H groups in total. The SMILES string of the molecule is N#Cc1cccc(-c2nc(N)c(C(=O)NOCc3ncco3)c(O[C@H]3CCOC3)n2)c1. The lowest BCUT2D eigenvalue weighted by Crippen LogP contribution is -2.28. The average Bonchev–Trinajstić information content (AvgIpc) is 3.48. The van der Waals surface area contributed by atoms with Gasteiger partial charge in [-0.25, -0.2) is 15.4 Å². The van der Waals surface area contributed by atoms with Crippen LogP contribution in [0.25, 0.3) is 11.4 Å². The third-order valence-corrected chi connectivity index (χ3v) is 4.39. The molecule has 4 rings (SSSR count). The Morgan fingerprint density at radius 3 is 3.03 bits per heavy atom. The van der Waals surface area contributed by atoms with E-state index in [-0.39, 0.29) is 41.7 Å². The van der Waals surface area contributed by atoms with E-state index in [0.717, 1.165) is 0 Å². The van der Waals surface area contributed by atoms with Crippen molar-refractivity contribution in [2.45, 2.75) is 19.1 Å². The van der Waals surface area contributed by atoms with Crippen LogP contribution in [-0.2, 0) is 16.2 Å². The first kappa shape index (κ1) is 20.3. The fraction of sp³-hybridized carbons (Fsp3) is 0.250. The molecule has 2 aromatic heterocycles. The Bertz CT molecular complexity index is 1110. The molecule has 0 bridgehead atoms. The fourth-order valence-corrected chi connectivity index (χ4v) is 2.91. The molecule has 0 unspecified atom stereocenters. The molecule has 1 aromatic carbocycles. The highest BCUT2D eigenvalue weighted by Crippen LogP contribution is 2.28. The maximum absolute atomic E-state index is 12.7. The first-order chi connectivity index (χ1) is 15.1. The Balaban J connectivity index is 1.62. The Hall–Kier alpha value is -4.01. The van der Waals surface area contributed by atoms with E-state index in [1.165, 1.54) is 12.5 Å². The molecule has 0 radical (unpaired) electrons. The van der Waals surface area contributed by atoms with Crippen molar-refractivity contribution in [2.24, 2.45) is 0 Å². The predicted molar refractivity (Wildman–Crippen MR) is 105 cm³/mol. The number of hydrogen-bond acceptors (Lipinski definition) is 10. The Kier molecular flexibility index (Phi) is 6.02. The summed E-state index contributed by atoms with van der Waals surface area (Å²) in [6, 6.07) is 8.78. The Morgan fingerprint density at radius 2 is 2.29 bits per heavy atom. The molecule has 11 heteroatoms. The summed E-state index contributed by atoms with van der Waals surface area (Å²) in [6.45, 7) is 0.833. The van der Waals surface area contributed by atoms with Crippen LogP contribution >= 0.6 is 0 Å². The van der Waals surface area contributed by atoms with Gasteiger partial charge in [0.15, 0.2) is 12.4 Å². The van der Waals surface area contributed by atoms with E-state index in [1.54, 1.807) is 24.3 Å². The number of nitrogens with one attached hydrogen (secondary N) is 1. The van der Waals surface area contributed by atoms with Crippen LogP contribution in [0.3, 0.4) is 0 Å². The zero-order valence-corrected chi connectivity index (χ0v) is 16.3. The molecular formula is C20H18N6O5. The zero-order valence-electron chi connectivity index (χ0n) is 16.3. The van der Waals surface area contributed by atoms with Crippen molar-refractivity contribution in [1.29, 1.82) is 5.26 Å². The highest BCUT2D eigenvalue weighted by Gasteiger charge is 2.26. The summed E-state index contributed by atoms with van der Waals surface area (Å²) < 4.78 is 16.3. The van der Waals surface area contributed by atoms with Crippen LogP contribution in [-0.4, -0.2) is 40.2 Å². The van der Waals surface area contributed by atoms with Gasteiger partial charge < -0.3 is 19.6 Å². The molecule has 1 aliphatic rings. The zero-order chi connectivity index (χ0) is 21.6. The maximum Gasteiger partial charge on any atom is 0.284 e. The molecule has 1 atom stereocenters. The summed E-state index contributed by atoms with van der Waals surface area (Å²) in [7, 11) is 0. The van der Waals surface area contributed by atoms with E-state index >= 15 is 0 Å². The molecule has 0 saturated carbocycles. The van der Waals surface area contributed by atoms with E-state index in [0.29, 0.717) is 30.8 Å². The lowest BCUT2D eigenvalue weighted by atomic mass is 10.1. The Morgan fingerprint density at radius 1 is 1.39 bits per heavy atom. The van der Waals surface area contributed by atoms with Crippen molar-refractivity contribution in [1.82, 2.24) is 20.4 Å². The number of benzene rings is 1. The van der Waals surface area contributed by atoms with E-state index in [4.69, 9.17) is 29.7 Å². The Labute approximate surface area is 176 Å². The van der Waals surface area contributed by atoms with Gasteiger partial charge >= 0.3 is 0 Å². The van der Waals surface area contributed by atoms with Gasteiger partial charge in [0.05, 0.1) is 31.0 Å². The number of nitriles is 1. The van der Waals surface area contributed by atoms with Crippen LogP contribution in [0.1, 0.15) is 28.2 Å². The van der Waals surface area contributed by atoms with Gasteiger partial charge in [0.2, 0.25) is 11.8 Å². The molecule has 0 spiro atoms. The normalized spacial score (nSPS) is 15.4. The van der Waals surface area contributed by atoms with Crippen LogP contribution in [0.15, 0.2) is 41.1 Å². The summed E-state index contributed by atoms with van der Waals surface area (Å²) in [5.41, 5.74) is 9.29. The van der Waals surface area contributed by atoms with E-state index in [2.05, 4.69) is 26.5 Å². The molecule has 3 heterocycles. The number of carbonyl (C=O) groups excluding carboxylic acids is 1. The van der Waals surface area contributed by atoms with Crippen molar-refractivity contribution >= 4 is 11.7 Å². The summed E-state index contributed by atoms with van der Waals surface area (Å²) in [5.74, 6) is -0.274. The fourth-order valence-electron chi connectivity index (χ4n) is 2.91. The van der Waals surface area contributed by atoms with Gasteiger partial charge in [-0.2, -0.15) is 10.2 Å². The third-order valence-electron chi connectivity index (χ3n) is 4.39. The minimum atomic E-state index is -0.685. The summed E-state index contributed by atoms with van der Waals surface area (Å²) in [4.78, 5) is 30.4. The number of carbonyl (C=O) groups is 1. The van der Waals surface area contributed by atoms with E-state index in [9.17, 15) is 4.79 Å². The molecule has 1 aliphatic heterocycles. The van der Waals surface area contributed by atoms with Gasteiger partial charge in [0.25, 0.3) is 5.91 Å². The molecule has 1 amide bonds.